The van der Waals surface area contributed by atoms with Crippen molar-refractivity contribution >= 4 is 29.9 Å². The molecule has 4 nitrogen and oxygen atoms in total. The molecule has 0 aromatic heterocycles. The Bertz CT molecular complexity index is 402. The zero-order valence-corrected chi connectivity index (χ0v) is 13.8. The fourth-order valence-electron chi connectivity index (χ4n) is 1.64. The monoisotopic (exact) mass is 375 g/mol. The highest BCUT2D eigenvalue weighted by atomic mass is 127. The Morgan fingerprint density at radius 2 is 2.00 bits per heavy atom. The summed E-state index contributed by atoms with van der Waals surface area (Å²) in [4.78, 5) is 4.57. The number of rotatable bonds is 5. The van der Waals surface area contributed by atoms with Crippen molar-refractivity contribution in [1.82, 2.24) is 10.6 Å². The van der Waals surface area contributed by atoms with Gasteiger partial charge in [-0.05, 0) is 37.5 Å². The van der Waals surface area contributed by atoms with Crippen LogP contribution in [-0.2, 0) is 6.54 Å². The quantitative estimate of drug-likeness (QED) is 0.472. The van der Waals surface area contributed by atoms with Crippen LogP contribution in [0.25, 0.3) is 0 Å². The van der Waals surface area contributed by atoms with Crippen molar-refractivity contribution < 1.29 is 4.74 Å². The fourth-order valence-corrected chi connectivity index (χ4v) is 1.64. The van der Waals surface area contributed by atoms with Gasteiger partial charge in [-0.2, -0.15) is 0 Å². The van der Waals surface area contributed by atoms with Gasteiger partial charge < -0.3 is 15.4 Å². The van der Waals surface area contributed by atoms with E-state index >= 15 is 0 Å². The van der Waals surface area contributed by atoms with E-state index in [0.717, 1.165) is 18.3 Å². The van der Waals surface area contributed by atoms with E-state index in [4.69, 9.17) is 4.74 Å². The Morgan fingerprint density at radius 1 is 1.32 bits per heavy atom. The molecule has 1 saturated carbocycles. The summed E-state index contributed by atoms with van der Waals surface area (Å²) < 4.78 is 5.13. The minimum absolute atomic E-state index is 0. The smallest absolute Gasteiger partial charge is 0.191 e. The highest BCUT2D eigenvalue weighted by Crippen LogP contribution is 2.18. The second-order valence-corrected chi connectivity index (χ2v) is 4.46. The van der Waals surface area contributed by atoms with Crippen molar-refractivity contribution in [3.63, 3.8) is 0 Å². The maximum atomic E-state index is 5.13. The Labute approximate surface area is 132 Å². The molecule has 1 aliphatic rings. The number of methoxy groups -OCH3 is 1. The van der Waals surface area contributed by atoms with E-state index < -0.39 is 0 Å². The summed E-state index contributed by atoms with van der Waals surface area (Å²) in [5.41, 5.74) is 1.18. The van der Waals surface area contributed by atoms with Crippen molar-refractivity contribution in [3.05, 3.63) is 29.8 Å². The lowest BCUT2D eigenvalue weighted by Crippen LogP contribution is -2.38. The molecule has 0 radical (unpaired) electrons. The number of nitrogens with zero attached hydrogens (tertiary/aromatic N) is 1. The number of ether oxygens (including phenoxy) is 1. The molecule has 0 saturated heterocycles. The third-order valence-corrected chi connectivity index (χ3v) is 2.84. The summed E-state index contributed by atoms with van der Waals surface area (Å²) in [6.45, 7) is 3.66. The molecule has 5 heteroatoms. The summed E-state index contributed by atoms with van der Waals surface area (Å²) in [5, 5.41) is 6.66. The third-order valence-electron chi connectivity index (χ3n) is 2.84. The van der Waals surface area contributed by atoms with E-state index in [9.17, 15) is 0 Å². The molecule has 0 heterocycles. The number of nitrogens with one attached hydrogen (secondary N) is 2. The van der Waals surface area contributed by atoms with E-state index in [0.29, 0.717) is 12.6 Å². The summed E-state index contributed by atoms with van der Waals surface area (Å²) in [6, 6.07) is 8.64. The fraction of sp³-hybridized carbons (Fsp3) is 0.500. The second kappa shape index (κ2) is 8.24. The van der Waals surface area contributed by atoms with Gasteiger partial charge >= 0.3 is 0 Å². The highest BCUT2D eigenvalue weighted by Gasteiger charge is 2.21. The van der Waals surface area contributed by atoms with Crippen LogP contribution in [0.5, 0.6) is 5.75 Å². The van der Waals surface area contributed by atoms with Crippen LogP contribution in [0.1, 0.15) is 25.3 Å². The van der Waals surface area contributed by atoms with Gasteiger partial charge in [0.1, 0.15) is 5.75 Å². The van der Waals surface area contributed by atoms with Crippen LogP contribution in [0.2, 0.25) is 0 Å². The molecular weight excluding hydrogens is 353 g/mol. The van der Waals surface area contributed by atoms with E-state index in [1.54, 1.807) is 7.11 Å². The SMILES string of the molecule is CCNC(=NCc1ccc(OC)cc1)NC1CC1.I. The largest absolute Gasteiger partial charge is 0.497 e. The molecule has 1 aromatic carbocycles. The molecule has 1 aromatic rings. The predicted molar refractivity (Wildman–Crippen MR) is 89.4 cm³/mol. The molecule has 0 bridgehead atoms. The van der Waals surface area contributed by atoms with E-state index in [1.165, 1.54) is 18.4 Å². The van der Waals surface area contributed by atoms with Crippen LogP contribution in [0.4, 0.5) is 0 Å². The molecule has 0 unspecified atom stereocenters. The van der Waals surface area contributed by atoms with E-state index in [1.807, 2.05) is 24.3 Å². The van der Waals surface area contributed by atoms with Crippen LogP contribution in [-0.4, -0.2) is 25.7 Å². The molecule has 2 rings (SSSR count). The number of aliphatic imine (C=N–C) groups is 1. The van der Waals surface area contributed by atoms with Gasteiger partial charge in [-0.1, -0.05) is 12.1 Å². The van der Waals surface area contributed by atoms with E-state index in [2.05, 4.69) is 22.5 Å². The maximum absolute atomic E-state index is 5.13. The van der Waals surface area contributed by atoms with Crippen molar-refractivity contribution in [1.29, 1.82) is 0 Å². The zero-order chi connectivity index (χ0) is 12.8. The number of guanidine groups is 1. The third kappa shape index (κ3) is 5.67. The van der Waals surface area contributed by atoms with Gasteiger partial charge in [-0.3, -0.25) is 0 Å². The van der Waals surface area contributed by atoms with Gasteiger partial charge in [0.25, 0.3) is 0 Å². The summed E-state index contributed by atoms with van der Waals surface area (Å²) in [5.74, 6) is 1.79. The van der Waals surface area contributed by atoms with Crippen LogP contribution < -0.4 is 15.4 Å². The molecule has 1 fully saturated rings. The van der Waals surface area contributed by atoms with Gasteiger partial charge in [-0.15, -0.1) is 24.0 Å². The normalized spacial score (nSPS) is 14.5. The number of halogens is 1. The predicted octanol–water partition coefficient (Wildman–Crippen LogP) is 2.53. The summed E-state index contributed by atoms with van der Waals surface area (Å²) in [7, 11) is 1.68. The molecule has 0 aliphatic heterocycles. The second-order valence-electron chi connectivity index (χ2n) is 4.46. The molecule has 2 N–H and O–H groups in total. The van der Waals surface area contributed by atoms with Crippen molar-refractivity contribution in [2.24, 2.45) is 4.99 Å². The average Bonchev–Trinajstić information content (AvgIpc) is 3.21. The summed E-state index contributed by atoms with van der Waals surface area (Å²) in [6.07, 6.45) is 2.51. The first-order chi connectivity index (χ1) is 8.81. The average molecular weight is 375 g/mol. The Morgan fingerprint density at radius 3 is 2.53 bits per heavy atom. The molecule has 19 heavy (non-hydrogen) atoms. The highest BCUT2D eigenvalue weighted by molar-refractivity contribution is 14.0. The lowest BCUT2D eigenvalue weighted by atomic mass is 10.2. The molecule has 0 amide bonds. The van der Waals surface area contributed by atoms with Gasteiger partial charge in [0.05, 0.1) is 13.7 Å². The van der Waals surface area contributed by atoms with Crippen LogP contribution >= 0.6 is 24.0 Å². The van der Waals surface area contributed by atoms with Crippen LogP contribution in [0.15, 0.2) is 29.3 Å². The van der Waals surface area contributed by atoms with E-state index in [-0.39, 0.29) is 24.0 Å². The first kappa shape index (κ1) is 16.1. The van der Waals surface area contributed by atoms with Crippen molar-refractivity contribution in [2.45, 2.75) is 32.4 Å². The lowest BCUT2D eigenvalue weighted by Gasteiger charge is -2.10. The Kier molecular flexibility index (Phi) is 6.97. The topological polar surface area (TPSA) is 45.7 Å². The Hall–Kier alpha value is -0.980. The first-order valence-electron chi connectivity index (χ1n) is 6.49. The Balaban J connectivity index is 0.00000180. The molecule has 1 aliphatic carbocycles. The van der Waals surface area contributed by atoms with Gasteiger partial charge in [-0.25, -0.2) is 4.99 Å². The molecular formula is C14H22IN3O. The molecule has 106 valence electrons. The molecule has 0 atom stereocenters. The molecule has 0 spiro atoms. The summed E-state index contributed by atoms with van der Waals surface area (Å²) >= 11 is 0. The van der Waals surface area contributed by atoms with Crippen LogP contribution in [0.3, 0.4) is 0 Å². The first-order valence-corrected chi connectivity index (χ1v) is 6.49. The maximum Gasteiger partial charge on any atom is 0.191 e. The lowest BCUT2D eigenvalue weighted by molar-refractivity contribution is 0.414. The number of hydrogen-bond donors (Lipinski definition) is 2. The van der Waals surface area contributed by atoms with Crippen LogP contribution in [0, 0.1) is 0 Å². The van der Waals surface area contributed by atoms with Gasteiger partial charge in [0.2, 0.25) is 0 Å². The van der Waals surface area contributed by atoms with Gasteiger partial charge in [0.15, 0.2) is 5.96 Å². The van der Waals surface area contributed by atoms with Gasteiger partial charge in [0, 0.05) is 12.6 Å². The standard InChI is InChI=1S/C14H21N3O.HI/c1-3-15-14(17-12-6-7-12)16-10-11-4-8-13(18-2)9-5-11;/h4-5,8-9,12H,3,6-7,10H2,1-2H3,(H2,15,16,17);1H. The zero-order valence-electron chi connectivity index (χ0n) is 11.5. The number of benzene rings is 1. The van der Waals surface area contributed by atoms with Crippen molar-refractivity contribution in [2.75, 3.05) is 13.7 Å². The van der Waals surface area contributed by atoms with Crippen molar-refractivity contribution in [3.8, 4) is 5.75 Å². The number of hydrogen-bond acceptors (Lipinski definition) is 2. The minimum Gasteiger partial charge on any atom is -0.497 e. The minimum atomic E-state index is 0.